The largest absolute Gasteiger partial charge is 0.478 e. The lowest BCUT2D eigenvalue weighted by Crippen LogP contribution is -2.52. The standard InChI is InChI=1S/C17H26N2O2/c1-17(2,19-9-4-3-5-10-19)13-18-12-14-7-6-8-15(11-14)16(20)21/h6-8,11,18H,3-5,9-10,12-13H2,1-2H3,(H,20,21). The van der Waals surface area contributed by atoms with Gasteiger partial charge in [-0.15, -0.1) is 0 Å². The van der Waals surface area contributed by atoms with E-state index in [1.807, 2.05) is 6.07 Å². The van der Waals surface area contributed by atoms with Gasteiger partial charge < -0.3 is 10.4 Å². The fraction of sp³-hybridized carbons (Fsp3) is 0.588. The summed E-state index contributed by atoms with van der Waals surface area (Å²) in [5.41, 5.74) is 1.51. The molecule has 0 radical (unpaired) electrons. The number of rotatable bonds is 6. The molecule has 4 nitrogen and oxygen atoms in total. The summed E-state index contributed by atoms with van der Waals surface area (Å²) < 4.78 is 0. The van der Waals surface area contributed by atoms with E-state index >= 15 is 0 Å². The molecule has 2 rings (SSSR count). The Kier molecular flexibility index (Phi) is 5.37. The highest BCUT2D eigenvalue weighted by atomic mass is 16.4. The highest BCUT2D eigenvalue weighted by molar-refractivity contribution is 5.87. The second kappa shape index (κ2) is 7.05. The summed E-state index contributed by atoms with van der Waals surface area (Å²) in [5, 5.41) is 12.5. The lowest BCUT2D eigenvalue weighted by molar-refractivity contribution is 0.0696. The highest BCUT2D eigenvalue weighted by Crippen LogP contribution is 2.20. The van der Waals surface area contributed by atoms with Crippen molar-refractivity contribution >= 4 is 5.97 Å². The number of hydrogen-bond donors (Lipinski definition) is 2. The van der Waals surface area contributed by atoms with Crippen LogP contribution in [0.2, 0.25) is 0 Å². The molecule has 1 fully saturated rings. The summed E-state index contributed by atoms with van der Waals surface area (Å²) in [6, 6.07) is 7.14. The predicted octanol–water partition coefficient (Wildman–Crippen LogP) is 2.74. The van der Waals surface area contributed by atoms with Gasteiger partial charge in [-0.3, -0.25) is 4.90 Å². The molecule has 4 heteroatoms. The average Bonchev–Trinajstić information content (AvgIpc) is 2.48. The molecule has 2 N–H and O–H groups in total. The number of benzene rings is 1. The predicted molar refractivity (Wildman–Crippen MR) is 84.6 cm³/mol. The molecule has 1 aliphatic rings. The first-order valence-corrected chi connectivity index (χ1v) is 7.77. The van der Waals surface area contributed by atoms with Crippen LogP contribution in [0.25, 0.3) is 0 Å². The molecule has 1 aliphatic heterocycles. The van der Waals surface area contributed by atoms with Crippen molar-refractivity contribution in [3.8, 4) is 0 Å². The van der Waals surface area contributed by atoms with Gasteiger partial charge in [-0.2, -0.15) is 0 Å². The number of likely N-dealkylation sites (tertiary alicyclic amines) is 1. The number of carbonyl (C=O) groups is 1. The normalized spacial score (nSPS) is 16.9. The Morgan fingerprint density at radius 3 is 2.67 bits per heavy atom. The van der Waals surface area contributed by atoms with E-state index in [4.69, 9.17) is 5.11 Å². The molecular weight excluding hydrogens is 264 g/mol. The molecule has 21 heavy (non-hydrogen) atoms. The molecule has 1 heterocycles. The Balaban J connectivity index is 1.85. The van der Waals surface area contributed by atoms with E-state index in [0.29, 0.717) is 12.1 Å². The third-order valence-corrected chi connectivity index (χ3v) is 4.27. The van der Waals surface area contributed by atoms with E-state index in [2.05, 4.69) is 24.1 Å². The molecule has 0 aliphatic carbocycles. The molecule has 1 saturated heterocycles. The lowest BCUT2D eigenvalue weighted by atomic mass is 9.98. The van der Waals surface area contributed by atoms with Gasteiger partial charge in [0.15, 0.2) is 0 Å². The van der Waals surface area contributed by atoms with Crippen molar-refractivity contribution in [3.05, 3.63) is 35.4 Å². The summed E-state index contributed by atoms with van der Waals surface area (Å²) in [7, 11) is 0. The zero-order chi connectivity index (χ0) is 15.3. The summed E-state index contributed by atoms with van der Waals surface area (Å²) in [4.78, 5) is 13.5. The minimum atomic E-state index is -0.870. The first-order valence-electron chi connectivity index (χ1n) is 7.77. The maximum absolute atomic E-state index is 11.0. The van der Waals surface area contributed by atoms with Gasteiger partial charge in [-0.25, -0.2) is 4.79 Å². The van der Waals surface area contributed by atoms with Crippen LogP contribution in [0.1, 0.15) is 49.0 Å². The van der Waals surface area contributed by atoms with Crippen molar-refractivity contribution < 1.29 is 9.90 Å². The van der Waals surface area contributed by atoms with Gasteiger partial charge in [0.25, 0.3) is 0 Å². The Morgan fingerprint density at radius 2 is 2.00 bits per heavy atom. The minimum absolute atomic E-state index is 0.144. The lowest BCUT2D eigenvalue weighted by Gasteiger charge is -2.41. The fourth-order valence-corrected chi connectivity index (χ4v) is 2.94. The Hall–Kier alpha value is -1.39. The molecule has 0 bridgehead atoms. The summed E-state index contributed by atoms with van der Waals surface area (Å²) in [5.74, 6) is -0.870. The van der Waals surface area contributed by atoms with Crippen molar-refractivity contribution in [3.63, 3.8) is 0 Å². The zero-order valence-electron chi connectivity index (χ0n) is 13.1. The SMILES string of the molecule is CC(C)(CNCc1cccc(C(=O)O)c1)N1CCCCC1. The molecule has 1 aromatic rings. The zero-order valence-corrected chi connectivity index (χ0v) is 13.1. The Labute approximate surface area is 127 Å². The number of hydrogen-bond acceptors (Lipinski definition) is 3. The molecule has 0 unspecified atom stereocenters. The third kappa shape index (κ3) is 4.55. The first-order chi connectivity index (χ1) is 9.99. The van der Waals surface area contributed by atoms with Crippen molar-refractivity contribution in [2.75, 3.05) is 19.6 Å². The average molecular weight is 290 g/mol. The molecular formula is C17H26N2O2. The van der Waals surface area contributed by atoms with Gasteiger partial charge >= 0.3 is 5.97 Å². The van der Waals surface area contributed by atoms with Crippen LogP contribution in [0.4, 0.5) is 0 Å². The van der Waals surface area contributed by atoms with Crippen LogP contribution in [0.3, 0.4) is 0 Å². The maximum Gasteiger partial charge on any atom is 0.335 e. The summed E-state index contributed by atoms with van der Waals surface area (Å²) in [6.07, 6.45) is 3.94. The number of carboxylic acid groups (broad SMARTS) is 1. The molecule has 0 aromatic heterocycles. The van der Waals surface area contributed by atoms with E-state index in [0.717, 1.165) is 12.1 Å². The topological polar surface area (TPSA) is 52.6 Å². The second-order valence-electron chi connectivity index (χ2n) is 6.47. The van der Waals surface area contributed by atoms with Gasteiger partial charge in [-0.1, -0.05) is 18.6 Å². The molecule has 0 atom stereocenters. The van der Waals surface area contributed by atoms with Crippen molar-refractivity contribution in [2.45, 2.75) is 45.2 Å². The molecule has 0 spiro atoms. The van der Waals surface area contributed by atoms with Crippen LogP contribution in [0.15, 0.2) is 24.3 Å². The Bertz CT molecular complexity index is 479. The van der Waals surface area contributed by atoms with Crippen LogP contribution in [0, 0.1) is 0 Å². The van der Waals surface area contributed by atoms with Crippen LogP contribution in [-0.2, 0) is 6.54 Å². The number of aromatic carboxylic acids is 1. The van der Waals surface area contributed by atoms with Gasteiger partial charge in [0.2, 0.25) is 0 Å². The maximum atomic E-state index is 11.0. The van der Waals surface area contributed by atoms with Gasteiger partial charge in [0.1, 0.15) is 0 Å². The molecule has 0 saturated carbocycles. The first kappa shape index (κ1) is 16.0. The number of nitrogens with zero attached hydrogens (tertiary/aromatic N) is 1. The van der Waals surface area contributed by atoms with E-state index in [1.165, 1.54) is 32.4 Å². The quantitative estimate of drug-likeness (QED) is 0.846. The molecule has 116 valence electrons. The van der Waals surface area contributed by atoms with Gasteiger partial charge in [0, 0.05) is 18.6 Å². The summed E-state index contributed by atoms with van der Waals surface area (Å²) >= 11 is 0. The van der Waals surface area contributed by atoms with E-state index in [-0.39, 0.29) is 5.54 Å². The number of nitrogens with one attached hydrogen (secondary N) is 1. The third-order valence-electron chi connectivity index (χ3n) is 4.27. The monoisotopic (exact) mass is 290 g/mol. The van der Waals surface area contributed by atoms with E-state index in [1.54, 1.807) is 18.2 Å². The number of carboxylic acids is 1. The van der Waals surface area contributed by atoms with Crippen molar-refractivity contribution in [1.82, 2.24) is 10.2 Å². The van der Waals surface area contributed by atoms with Crippen molar-refractivity contribution in [2.24, 2.45) is 0 Å². The fourth-order valence-electron chi connectivity index (χ4n) is 2.94. The molecule has 0 amide bonds. The van der Waals surface area contributed by atoms with Crippen LogP contribution < -0.4 is 5.32 Å². The number of piperidine rings is 1. The minimum Gasteiger partial charge on any atom is -0.478 e. The van der Waals surface area contributed by atoms with Crippen LogP contribution in [0.5, 0.6) is 0 Å². The van der Waals surface area contributed by atoms with E-state index < -0.39 is 5.97 Å². The van der Waals surface area contributed by atoms with E-state index in [9.17, 15) is 4.79 Å². The van der Waals surface area contributed by atoms with Gasteiger partial charge in [-0.05, 0) is 57.5 Å². The summed E-state index contributed by atoms with van der Waals surface area (Å²) in [6.45, 7) is 8.53. The van der Waals surface area contributed by atoms with Crippen LogP contribution >= 0.6 is 0 Å². The molecule has 1 aromatic carbocycles. The van der Waals surface area contributed by atoms with Gasteiger partial charge in [0.05, 0.1) is 5.56 Å². The smallest absolute Gasteiger partial charge is 0.335 e. The second-order valence-corrected chi connectivity index (χ2v) is 6.47. The van der Waals surface area contributed by atoms with Crippen molar-refractivity contribution in [1.29, 1.82) is 0 Å². The van der Waals surface area contributed by atoms with Crippen LogP contribution in [-0.4, -0.2) is 41.1 Å². The Morgan fingerprint density at radius 1 is 1.29 bits per heavy atom. The highest BCUT2D eigenvalue weighted by Gasteiger charge is 2.27.